The second kappa shape index (κ2) is 3.19. The largest absolute Gasteiger partial charge is 0.311 e. The Morgan fingerprint density at radius 2 is 2.36 bits per heavy atom. The number of piperidine rings is 1. The third-order valence-corrected chi connectivity index (χ3v) is 1.94. The van der Waals surface area contributed by atoms with E-state index in [1.54, 1.807) is 0 Å². The van der Waals surface area contributed by atoms with E-state index in [4.69, 9.17) is 0 Å². The number of halogens is 1. The Kier molecular flexibility index (Phi) is 2.46. The minimum atomic E-state index is 0. The van der Waals surface area contributed by atoms with Crippen molar-refractivity contribution >= 4 is 24.0 Å². The van der Waals surface area contributed by atoms with Crippen molar-refractivity contribution in [2.45, 2.75) is 6.42 Å². The van der Waals surface area contributed by atoms with E-state index in [9.17, 15) is 4.79 Å². The zero-order valence-electron chi connectivity index (χ0n) is 5.96. The van der Waals surface area contributed by atoms with Crippen molar-refractivity contribution in [1.29, 1.82) is 0 Å². The molecule has 62 valence electrons. The topological polar surface area (TPSA) is 53.5 Å². The van der Waals surface area contributed by atoms with Crippen LogP contribution in [0, 0.1) is 5.92 Å². The Morgan fingerprint density at radius 1 is 1.55 bits per heavy atom. The van der Waals surface area contributed by atoms with E-state index in [1.807, 2.05) is 0 Å². The van der Waals surface area contributed by atoms with Crippen LogP contribution in [-0.2, 0) is 4.79 Å². The van der Waals surface area contributed by atoms with Gasteiger partial charge in [0.2, 0.25) is 5.91 Å². The Bertz CT molecular complexity index is 204. The zero-order chi connectivity index (χ0) is 6.97. The molecule has 0 saturated carbocycles. The first kappa shape index (κ1) is 8.49. The van der Waals surface area contributed by atoms with E-state index in [2.05, 4.69) is 15.8 Å². The Balaban J connectivity index is 0.000000605. The van der Waals surface area contributed by atoms with Crippen molar-refractivity contribution in [2.75, 3.05) is 13.1 Å². The van der Waals surface area contributed by atoms with Gasteiger partial charge in [-0.2, -0.15) is 5.10 Å². The van der Waals surface area contributed by atoms with Crippen molar-refractivity contribution < 1.29 is 4.79 Å². The molecule has 2 rings (SSSR count). The van der Waals surface area contributed by atoms with Gasteiger partial charge < -0.3 is 5.32 Å². The highest BCUT2D eigenvalue weighted by atomic mass is 35.5. The van der Waals surface area contributed by atoms with Crippen LogP contribution in [0.25, 0.3) is 0 Å². The lowest BCUT2D eigenvalue weighted by Crippen LogP contribution is -2.38. The molecule has 1 fully saturated rings. The number of carbonyl (C=O) groups is 1. The third kappa shape index (κ3) is 1.36. The molecule has 1 unspecified atom stereocenters. The lowest BCUT2D eigenvalue weighted by Gasteiger charge is -2.16. The van der Waals surface area contributed by atoms with Crippen molar-refractivity contribution in [3.8, 4) is 0 Å². The van der Waals surface area contributed by atoms with Crippen LogP contribution in [0.15, 0.2) is 5.10 Å². The Labute approximate surface area is 70.8 Å². The second-order valence-corrected chi connectivity index (χ2v) is 2.60. The van der Waals surface area contributed by atoms with E-state index < -0.39 is 0 Å². The summed E-state index contributed by atoms with van der Waals surface area (Å²) >= 11 is 0. The van der Waals surface area contributed by atoms with Crippen LogP contribution in [0.2, 0.25) is 0 Å². The van der Waals surface area contributed by atoms with Gasteiger partial charge in [-0.3, -0.25) is 4.79 Å². The van der Waals surface area contributed by atoms with Crippen molar-refractivity contribution in [3.05, 3.63) is 0 Å². The van der Waals surface area contributed by atoms with Gasteiger partial charge in [-0.15, -0.1) is 12.4 Å². The SMILES string of the molecule is Cl.O=C1NN=C2CNCCC12. The summed E-state index contributed by atoms with van der Waals surface area (Å²) in [5.74, 6) is 0.137. The molecule has 2 aliphatic rings. The summed E-state index contributed by atoms with van der Waals surface area (Å²) in [6.07, 6.45) is 0.894. The van der Waals surface area contributed by atoms with Gasteiger partial charge in [-0.05, 0) is 13.0 Å². The molecule has 0 bridgehead atoms. The first-order chi connectivity index (χ1) is 4.88. The number of nitrogens with zero attached hydrogens (tertiary/aromatic N) is 1. The third-order valence-electron chi connectivity index (χ3n) is 1.94. The van der Waals surface area contributed by atoms with Crippen LogP contribution in [0.1, 0.15) is 6.42 Å². The molecular formula is C6H10ClN3O. The summed E-state index contributed by atoms with van der Waals surface area (Å²) in [7, 11) is 0. The molecule has 4 nitrogen and oxygen atoms in total. The average molecular weight is 176 g/mol. The fraction of sp³-hybridized carbons (Fsp3) is 0.667. The van der Waals surface area contributed by atoms with Crippen LogP contribution in [0.4, 0.5) is 0 Å². The molecule has 11 heavy (non-hydrogen) atoms. The van der Waals surface area contributed by atoms with Crippen molar-refractivity contribution in [2.24, 2.45) is 11.0 Å². The lowest BCUT2D eigenvalue weighted by molar-refractivity contribution is -0.122. The quantitative estimate of drug-likeness (QED) is 0.522. The van der Waals surface area contributed by atoms with Crippen LogP contribution in [-0.4, -0.2) is 24.7 Å². The van der Waals surface area contributed by atoms with Crippen LogP contribution in [0.5, 0.6) is 0 Å². The van der Waals surface area contributed by atoms with E-state index >= 15 is 0 Å². The summed E-state index contributed by atoms with van der Waals surface area (Å²) in [5.41, 5.74) is 3.44. The molecule has 2 aliphatic heterocycles. The van der Waals surface area contributed by atoms with Crippen LogP contribution in [0.3, 0.4) is 0 Å². The first-order valence-corrected chi connectivity index (χ1v) is 3.45. The van der Waals surface area contributed by atoms with E-state index in [0.717, 1.165) is 25.2 Å². The molecule has 0 aromatic carbocycles. The van der Waals surface area contributed by atoms with Gasteiger partial charge in [0.1, 0.15) is 0 Å². The van der Waals surface area contributed by atoms with Gasteiger partial charge in [-0.25, -0.2) is 5.43 Å². The highest BCUT2D eigenvalue weighted by Crippen LogP contribution is 2.13. The summed E-state index contributed by atoms with van der Waals surface area (Å²) in [4.78, 5) is 11.0. The minimum absolute atomic E-state index is 0. The monoisotopic (exact) mass is 175 g/mol. The molecule has 0 aliphatic carbocycles. The number of carbonyl (C=O) groups excluding carboxylic acids is 1. The summed E-state index contributed by atoms with van der Waals surface area (Å²) in [6, 6.07) is 0. The molecule has 0 spiro atoms. The normalized spacial score (nSPS) is 28.2. The highest BCUT2D eigenvalue weighted by Gasteiger charge is 2.31. The summed E-state index contributed by atoms with van der Waals surface area (Å²) < 4.78 is 0. The maximum absolute atomic E-state index is 11.0. The molecule has 0 radical (unpaired) electrons. The summed E-state index contributed by atoms with van der Waals surface area (Å²) in [6.45, 7) is 1.69. The number of amides is 1. The lowest BCUT2D eigenvalue weighted by atomic mass is 9.97. The highest BCUT2D eigenvalue weighted by molar-refractivity contribution is 6.09. The predicted molar refractivity (Wildman–Crippen MR) is 43.8 cm³/mol. The summed E-state index contributed by atoms with van der Waals surface area (Å²) in [5, 5.41) is 7.05. The van der Waals surface area contributed by atoms with Gasteiger partial charge in [0.15, 0.2) is 0 Å². The predicted octanol–water partition coefficient (Wildman–Crippen LogP) is -0.497. The molecule has 5 heteroatoms. The van der Waals surface area contributed by atoms with Crippen molar-refractivity contribution in [1.82, 2.24) is 10.7 Å². The van der Waals surface area contributed by atoms with Gasteiger partial charge in [0.05, 0.1) is 11.6 Å². The molecule has 1 amide bonds. The Hall–Kier alpha value is -0.610. The number of hydrazone groups is 1. The van der Waals surface area contributed by atoms with Gasteiger partial charge in [-0.1, -0.05) is 0 Å². The molecule has 2 heterocycles. The molecule has 0 aromatic rings. The maximum atomic E-state index is 11.0. The van der Waals surface area contributed by atoms with Crippen LogP contribution >= 0.6 is 12.4 Å². The number of hydrogen-bond acceptors (Lipinski definition) is 3. The first-order valence-electron chi connectivity index (χ1n) is 3.45. The average Bonchev–Trinajstić information content (AvgIpc) is 2.34. The van der Waals surface area contributed by atoms with Gasteiger partial charge in [0.25, 0.3) is 0 Å². The number of fused-ring (bicyclic) bond motifs is 1. The van der Waals surface area contributed by atoms with Gasteiger partial charge >= 0.3 is 0 Å². The molecule has 1 atom stereocenters. The van der Waals surface area contributed by atoms with Crippen molar-refractivity contribution in [3.63, 3.8) is 0 Å². The van der Waals surface area contributed by atoms with E-state index in [-0.39, 0.29) is 24.2 Å². The fourth-order valence-corrected chi connectivity index (χ4v) is 1.36. The fourth-order valence-electron chi connectivity index (χ4n) is 1.36. The standard InChI is InChI=1S/C6H9N3O.ClH/c10-6-4-1-2-7-3-5(4)8-9-6;/h4,7H,1-3H2,(H,9,10);1H. The Morgan fingerprint density at radius 3 is 3.09 bits per heavy atom. The second-order valence-electron chi connectivity index (χ2n) is 2.60. The molecule has 0 aromatic heterocycles. The minimum Gasteiger partial charge on any atom is -0.311 e. The molecular weight excluding hydrogens is 166 g/mol. The zero-order valence-corrected chi connectivity index (χ0v) is 6.78. The van der Waals surface area contributed by atoms with Gasteiger partial charge in [0, 0.05) is 6.54 Å². The smallest absolute Gasteiger partial charge is 0.249 e. The maximum Gasteiger partial charge on any atom is 0.249 e. The van der Waals surface area contributed by atoms with E-state index in [1.165, 1.54) is 0 Å². The number of rotatable bonds is 0. The molecule has 2 N–H and O–H groups in total. The molecule has 1 saturated heterocycles. The number of nitrogens with one attached hydrogen (secondary N) is 2. The number of hydrogen-bond donors (Lipinski definition) is 2. The van der Waals surface area contributed by atoms with Crippen LogP contribution < -0.4 is 10.7 Å². The van der Waals surface area contributed by atoms with E-state index in [0.29, 0.717) is 0 Å².